The molecule has 1 heterocycles. The van der Waals surface area contributed by atoms with Crippen molar-refractivity contribution < 1.29 is 0 Å². The maximum Gasteiger partial charge on any atom is 0.107 e. The van der Waals surface area contributed by atoms with E-state index in [1.807, 2.05) is 30.3 Å². The van der Waals surface area contributed by atoms with Gasteiger partial charge in [0.05, 0.1) is 10.7 Å². The highest BCUT2D eigenvalue weighted by Gasteiger charge is 2.19. The number of thioether (sulfide) groups is 1. The quantitative estimate of drug-likeness (QED) is 0.642. The minimum atomic E-state index is 0.535. The van der Waals surface area contributed by atoms with Crippen molar-refractivity contribution in [2.75, 3.05) is 11.5 Å². The molecule has 5 heteroatoms. The molecule has 4 N–H and O–H groups in total. The normalized spacial score (nSPS) is 11.9. The third kappa shape index (κ3) is 3.67. The van der Waals surface area contributed by atoms with Crippen molar-refractivity contribution in [2.24, 2.45) is 10.7 Å². The fraction of sp³-hybridized carbons (Fsp3) is 0.312. The Hall–Kier alpha value is -1.30. The van der Waals surface area contributed by atoms with E-state index < -0.39 is 0 Å². The highest BCUT2D eigenvalue weighted by atomic mass is 32.2. The van der Waals surface area contributed by atoms with Crippen molar-refractivity contribution in [2.45, 2.75) is 26.8 Å². The van der Waals surface area contributed by atoms with E-state index in [-0.39, 0.29) is 0 Å². The Labute approximate surface area is 134 Å². The molecule has 21 heavy (non-hydrogen) atoms. The molecule has 0 fully saturated rings. The molecule has 0 saturated heterocycles. The summed E-state index contributed by atoms with van der Waals surface area (Å²) < 4.78 is 0. The molecule has 0 aliphatic carbocycles. The van der Waals surface area contributed by atoms with E-state index in [9.17, 15) is 0 Å². The lowest BCUT2D eigenvalue weighted by molar-refractivity contribution is 1.04. The molecule has 1 aromatic carbocycles. The van der Waals surface area contributed by atoms with Crippen molar-refractivity contribution in [3.63, 3.8) is 0 Å². The van der Waals surface area contributed by atoms with Crippen LogP contribution in [0.4, 0.5) is 10.7 Å². The number of hydrogen-bond acceptors (Lipinski definition) is 5. The summed E-state index contributed by atoms with van der Waals surface area (Å²) in [6.45, 7) is 4.80. The van der Waals surface area contributed by atoms with Crippen LogP contribution in [0.2, 0.25) is 0 Å². The van der Waals surface area contributed by atoms with Crippen LogP contribution in [-0.2, 0) is 13.0 Å². The van der Waals surface area contributed by atoms with Gasteiger partial charge >= 0.3 is 0 Å². The second kappa shape index (κ2) is 7.64. The van der Waals surface area contributed by atoms with Gasteiger partial charge in [-0.15, -0.1) is 23.1 Å². The summed E-state index contributed by atoms with van der Waals surface area (Å²) in [4.78, 5) is 5.97. The van der Waals surface area contributed by atoms with Gasteiger partial charge in [-0.2, -0.15) is 0 Å². The number of nitrogens with zero attached hydrogens (tertiary/aromatic N) is 1. The van der Waals surface area contributed by atoms with E-state index >= 15 is 0 Å². The van der Waals surface area contributed by atoms with Crippen LogP contribution in [0.1, 0.15) is 29.9 Å². The van der Waals surface area contributed by atoms with Crippen molar-refractivity contribution >= 4 is 38.8 Å². The molecule has 2 aromatic rings. The van der Waals surface area contributed by atoms with Crippen molar-refractivity contribution in [3.05, 3.63) is 46.3 Å². The third-order valence-corrected chi connectivity index (χ3v) is 5.08. The first-order valence-corrected chi connectivity index (χ1v) is 8.88. The van der Waals surface area contributed by atoms with E-state index in [1.54, 1.807) is 23.1 Å². The topological polar surface area (TPSA) is 64.4 Å². The Balaban J connectivity index is 2.53. The number of nitrogens with two attached hydrogens (primary N) is 2. The standard InChI is InChI=1S/C16H21N3S2/c1-3-12-13(10-17)21-15(18)14(12)16(20-4-2)19-11-8-6-5-7-9-11/h5-9H,3-4,10,17-18H2,1-2H3. The molecule has 1 aromatic heterocycles. The predicted octanol–water partition coefficient (Wildman–Crippen LogP) is 4.18. The number of nitrogen functional groups attached to an aromatic ring is 1. The lowest BCUT2D eigenvalue weighted by atomic mass is 10.1. The monoisotopic (exact) mass is 319 g/mol. The third-order valence-electron chi connectivity index (χ3n) is 3.14. The maximum absolute atomic E-state index is 6.25. The summed E-state index contributed by atoms with van der Waals surface area (Å²) in [6.07, 6.45) is 0.924. The molecular weight excluding hydrogens is 298 g/mol. The summed E-state index contributed by atoms with van der Waals surface area (Å²) in [5.41, 5.74) is 15.4. The summed E-state index contributed by atoms with van der Waals surface area (Å²) in [6, 6.07) is 10.0. The van der Waals surface area contributed by atoms with Crippen LogP contribution in [-0.4, -0.2) is 10.8 Å². The van der Waals surface area contributed by atoms with E-state index in [0.29, 0.717) is 6.54 Å². The minimum absolute atomic E-state index is 0.535. The van der Waals surface area contributed by atoms with E-state index in [1.165, 1.54) is 10.4 Å². The molecule has 0 aliphatic heterocycles. The zero-order valence-corrected chi connectivity index (χ0v) is 14.1. The minimum Gasteiger partial charge on any atom is -0.390 e. The Bertz CT molecular complexity index is 618. The van der Waals surface area contributed by atoms with Gasteiger partial charge in [0, 0.05) is 17.0 Å². The smallest absolute Gasteiger partial charge is 0.107 e. The van der Waals surface area contributed by atoms with Gasteiger partial charge in [0.2, 0.25) is 0 Å². The maximum atomic E-state index is 6.25. The number of thiophene rings is 1. The molecule has 0 atom stereocenters. The molecule has 0 spiro atoms. The molecule has 0 radical (unpaired) electrons. The average molecular weight is 319 g/mol. The Morgan fingerprint density at radius 2 is 1.95 bits per heavy atom. The molecule has 0 amide bonds. The first-order valence-electron chi connectivity index (χ1n) is 7.08. The fourth-order valence-electron chi connectivity index (χ4n) is 2.22. The van der Waals surface area contributed by atoms with Gasteiger partial charge in [-0.25, -0.2) is 4.99 Å². The van der Waals surface area contributed by atoms with E-state index in [0.717, 1.165) is 33.5 Å². The van der Waals surface area contributed by atoms with E-state index in [4.69, 9.17) is 16.5 Å². The number of hydrogen-bond donors (Lipinski definition) is 2. The van der Waals surface area contributed by atoms with Gasteiger partial charge in [0.25, 0.3) is 0 Å². The predicted molar refractivity (Wildman–Crippen MR) is 96.8 cm³/mol. The first-order chi connectivity index (χ1) is 10.2. The molecule has 112 valence electrons. The van der Waals surface area contributed by atoms with Gasteiger partial charge in [0.15, 0.2) is 0 Å². The largest absolute Gasteiger partial charge is 0.390 e. The highest BCUT2D eigenvalue weighted by Crippen LogP contribution is 2.35. The second-order valence-electron chi connectivity index (χ2n) is 4.49. The Morgan fingerprint density at radius 1 is 1.24 bits per heavy atom. The Morgan fingerprint density at radius 3 is 2.52 bits per heavy atom. The molecule has 0 unspecified atom stereocenters. The van der Waals surface area contributed by atoms with Gasteiger partial charge in [-0.05, 0) is 29.9 Å². The zero-order valence-electron chi connectivity index (χ0n) is 12.4. The van der Waals surface area contributed by atoms with Gasteiger partial charge in [0.1, 0.15) is 5.04 Å². The van der Waals surface area contributed by atoms with Crippen molar-refractivity contribution in [3.8, 4) is 0 Å². The first kappa shape index (κ1) is 16.1. The molecule has 3 nitrogen and oxygen atoms in total. The SMILES string of the molecule is CCSC(=Nc1ccccc1)c1c(N)sc(CN)c1CC. The van der Waals surface area contributed by atoms with Crippen LogP contribution < -0.4 is 11.5 Å². The zero-order chi connectivity index (χ0) is 15.2. The summed E-state index contributed by atoms with van der Waals surface area (Å²) >= 11 is 3.32. The molecule has 0 saturated carbocycles. The highest BCUT2D eigenvalue weighted by molar-refractivity contribution is 8.14. The number of anilines is 1. The lowest BCUT2D eigenvalue weighted by Gasteiger charge is -2.08. The molecule has 0 aliphatic rings. The van der Waals surface area contributed by atoms with Crippen LogP contribution in [0.3, 0.4) is 0 Å². The van der Waals surface area contributed by atoms with Gasteiger partial charge in [-0.3, -0.25) is 0 Å². The number of benzene rings is 1. The molecule has 0 bridgehead atoms. The Kier molecular flexibility index (Phi) is 5.85. The van der Waals surface area contributed by atoms with E-state index in [2.05, 4.69) is 13.8 Å². The lowest BCUT2D eigenvalue weighted by Crippen LogP contribution is -2.04. The molecular formula is C16H21N3S2. The summed E-state index contributed by atoms with van der Waals surface area (Å²) in [5, 5.41) is 1.82. The van der Waals surface area contributed by atoms with Crippen LogP contribution in [0, 0.1) is 0 Å². The van der Waals surface area contributed by atoms with Crippen LogP contribution in [0.15, 0.2) is 35.3 Å². The average Bonchev–Trinajstić information content (AvgIpc) is 2.83. The number of para-hydroxylation sites is 1. The summed E-state index contributed by atoms with van der Waals surface area (Å²) in [7, 11) is 0. The number of aliphatic imine (C=N–C) groups is 1. The van der Waals surface area contributed by atoms with Gasteiger partial charge < -0.3 is 11.5 Å². The fourth-order valence-corrected chi connectivity index (χ4v) is 4.15. The second-order valence-corrected chi connectivity index (χ2v) is 6.88. The van der Waals surface area contributed by atoms with Crippen molar-refractivity contribution in [1.29, 1.82) is 0 Å². The van der Waals surface area contributed by atoms with Crippen molar-refractivity contribution in [1.82, 2.24) is 0 Å². The van der Waals surface area contributed by atoms with Crippen LogP contribution >= 0.6 is 23.1 Å². The van der Waals surface area contributed by atoms with Crippen LogP contribution in [0.5, 0.6) is 0 Å². The molecule has 2 rings (SSSR count). The summed E-state index contributed by atoms with van der Waals surface area (Å²) in [5.74, 6) is 0.960. The van der Waals surface area contributed by atoms with Crippen LogP contribution in [0.25, 0.3) is 0 Å². The number of rotatable bonds is 5. The van der Waals surface area contributed by atoms with Gasteiger partial charge in [-0.1, -0.05) is 32.0 Å².